The van der Waals surface area contributed by atoms with Gasteiger partial charge in [0.05, 0.1) is 0 Å². The molecule has 0 radical (unpaired) electrons. The largest absolute Gasteiger partial charge is 1.00 e. The van der Waals surface area contributed by atoms with Crippen LogP contribution in [0.5, 0.6) is 0 Å². The second-order valence-corrected chi connectivity index (χ2v) is 3.31. The maximum atomic E-state index is 7.50. The molecule has 0 bridgehead atoms. The average molecular weight is 317 g/mol. The summed E-state index contributed by atoms with van der Waals surface area (Å²) in [4.78, 5) is 0. The predicted molar refractivity (Wildman–Crippen MR) is 76.1 cm³/mol. The van der Waals surface area contributed by atoms with Crippen LogP contribution in [0.15, 0.2) is 0 Å². The molecular formula is C14H36K2O2. The molecule has 0 saturated heterocycles. The van der Waals surface area contributed by atoms with Crippen molar-refractivity contribution in [3.63, 3.8) is 0 Å². The molecule has 18 heavy (non-hydrogen) atoms. The van der Waals surface area contributed by atoms with Crippen LogP contribution in [-0.4, -0.2) is 11.0 Å². The van der Waals surface area contributed by atoms with Gasteiger partial charge >= 0.3 is 103 Å². The first-order chi connectivity index (χ1) is 8.77. The Balaban J connectivity index is -0.0000000292. The molecule has 0 amide bonds. The van der Waals surface area contributed by atoms with Gasteiger partial charge in [-0.3, -0.25) is 0 Å². The zero-order chi connectivity index (χ0) is 15.8. The summed E-state index contributed by atoms with van der Waals surface area (Å²) in [7, 11) is 0. The van der Waals surface area contributed by atoms with Crippen LogP contribution in [0.25, 0.3) is 0 Å². The summed E-state index contributed by atoms with van der Waals surface area (Å²) in [5, 5.41) is 0. The molecule has 0 rings (SSSR count). The zero-order valence-electron chi connectivity index (χ0n) is 16.4. The van der Waals surface area contributed by atoms with E-state index >= 15 is 0 Å². The van der Waals surface area contributed by atoms with Crippen molar-refractivity contribution >= 4 is 0 Å². The summed E-state index contributed by atoms with van der Waals surface area (Å²) in [6, 6.07) is 0. The minimum Gasteiger partial charge on any atom is -0.870 e. The van der Waals surface area contributed by atoms with Crippen molar-refractivity contribution in [3.8, 4) is 0 Å². The van der Waals surface area contributed by atoms with E-state index in [1.807, 2.05) is 27.7 Å². The smallest absolute Gasteiger partial charge is 0.870 e. The Labute approximate surface area is 205 Å². The van der Waals surface area contributed by atoms with Gasteiger partial charge in [-0.1, -0.05) is 80.1 Å². The topological polar surface area (TPSA) is 61.5 Å². The molecule has 3 N–H and O–H groups in total. The molecule has 0 aromatic carbocycles. The van der Waals surface area contributed by atoms with Crippen LogP contribution in [0.4, 0.5) is 0 Å². The Hall–Kier alpha value is 3.19. The molecule has 0 aromatic heterocycles. The fourth-order valence-electron chi connectivity index (χ4n) is 1.10. The summed E-state index contributed by atoms with van der Waals surface area (Å²) in [5.74, 6) is 0.654. The van der Waals surface area contributed by atoms with E-state index in [4.69, 9.17) is 12.4 Å². The van der Waals surface area contributed by atoms with Crippen molar-refractivity contribution in [3.05, 3.63) is 6.92 Å². The fourth-order valence-corrected chi connectivity index (χ4v) is 1.10. The van der Waals surface area contributed by atoms with E-state index in [0.717, 1.165) is 0 Å². The standard InChI is InChI=1S/C10H21.2C2H6.2K.2H2O/c1-4-5-6-7-8-9-10(2)3;2*1-2;;;;/h10H,2,4-9H2,1,3H3;2*1-2H3;;;2*1H2/q-1;;;2*+1;;/p-1/i/hD2. The van der Waals surface area contributed by atoms with Gasteiger partial charge in [0.2, 0.25) is 1.43 Å². The van der Waals surface area contributed by atoms with E-state index in [9.17, 15) is 0 Å². The number of rotatable bonds is 6. The first-order valence-electron chi connectivity index (χ1n) is 7.46. The van der Waals surface area contributed by atoms with Crippen LogP contribution < -0.4 is 103 Å². The van der Waals surface area contributed by atoms with Crippen molar-refractivity contribution in [2.45, 2.75) is 80.1 Å². The minimum absolute atomic E-state index is 0. The van der Waals surface area contributed by atoms with E-state index < -0.39 is 0 Å². The van der Waals surface area contributed by atoms with E-state index in [1.54, 1.807) is 0 Å². The molecule has 0 aliphatic heterocycles. The molecular weight excluding hydrogens is 278 g/mol. The quantitative estimate of drug-likeness (QED) is 0.348. The van der Waals surface area contributed by atoms with Crippen molar-refractivity contribution in [1.29, 1.82) is 0 Å². The van der Waals surface area contributed by atoms with Crippen molar-refractivity contribution in [1.82, 2.24) is 0 Å². The molecule has 0 aliphatic carbocycles. The Morgan fingerprint density at radius 3 is 1.61 bits per heavy atom. The molecule has 1 atom stereocenters. The molecule has 0 heterocycles. The summed E-state index contributed by atoms with van der Waals surface area (Å²) >= 11 is 0. The van der Waals surface area contributed by atoms with Gasteiger partial charge in [-0.15, -0.1) is 1.43 Å². The Morgan fingerprint density at radius 1 is 1.00 bits per heavy atom. The number of hydrogen-bond acceptors (Lipinski definition) is 1. The first-order valence-corrected chi connectivity index (χ1v) is 6.60. The molecule has 0 fully saturated rings. The minimum atomic E-state index is 0. The summed E-state index contributed by atoms with van der Waals surface area (Å²) in [6.07, 6.45) is 8.27. The molecule has 0 saturated carbocycles. The van der Waals surface area contributed by atoms with Crippen LogP contribution in [0, 0.1) is 12.8 Å². The van der Waals surface area contributed by atoms with Crippen molar-refractivity contribution in [2.24, 2.45) is 5.92 Å². The Kier molecular flexibility index (Phi) is 91.6. The summed E-state index contributed by atoms with van der Waals surface area (Å²) < 4.78 is 9.25. The van der Waals surface area contributed by atoms with Crippen molar-refractivity contribution < 1.29 is 117 Å². The maximum absolute atomic E-state index is 7.50. The summed E-state index contributed by atoms with van der Waals surface area (Å²) in [6.45, 7) is 16.4. The SMILES string of the molecule is CC.CC.[2H]O.[2H][O-].[CH2-]C(C)CCCCCCC.[K+].[K+]. The van der Waals surface area contributed by atoms with Gasteiger partial charge in [0, 0.05) is 0 Å². The first kappa shape index (κ1) is 33.0. The van der Waals surface area contributed by atoms with E-state index in [0.29, 0.717) is 5.92 Å². The van der Waals surface area contributed by atoms with Crippen LogP contribution in [0.1, 0.15) is 82.9 Å². The normalized spacial score (nSPS) is 8.94. The van der Waals surface area contributed by atoms with E-state index in [2.05, 4.69) is 22.2 Å². The van der Waals surface area contributed by atoms with Gasteiger partial charge in [0.1, 0.15) is 0 Å². The van der Waals surface area contributed by atoms with E-state index in [1.165, 1.54) is 38.5 Å². The van der Waals surface area contributed by atoms with Crippen LogP contribution in [0.3, 0.4) is 0 Å². The molecule has 2 nitrogen and oxygen atoms in total. The third kappa shape index (κ3) is 61.1. The fraction of sp³-hybridized carbons (Fsp3) is 0.929. The second kappa shape index (κ2) is 50.0. The van der Waals surface area contributed by atoms with Crippen LogP contribution in [0.2, 0.25) is 0 Å². The van der Waals surface area contributed by atoms with Crippen molar-refractivity contribution in [2.75, 3.05) is 0 Å². The van der Waals surface area contributed by atoms with Gasteiger partial charge in [0.25, 0.3) is 0 Å². The molecule has 4 heteroatoms. The molecule has 0 aromatic rings. The zero-order valence-corrected chi connectivity index (χ0v) is 20.6. The van der Waals surface area contributed by atoms with Gasteiger partial charge in [-0.05, 0) is 0 Å². The van der Waals surface area contributed by atoms with Gasteiger partial charge < -0.3 is 17.9 Å². The monoisotopic (exact) mass is 316 g/mol. The third-order valence-electron chi connectivity index (χ3n) is 1.80. The third-order valence-corrected chi connectivity index (χ3v) is 1.80. The maximum Gasteiger partial charge on any atom is 1.00 e. The van der Waals surface area contributed by atoms with Gasteiger partial charge in [0.15, 0.2) is 0 Å². The Bertz CT molecular complexity index is 82.2. The van der Waals surface area contributed by atoms with E-state index in [-0.39, 0.29) is 103 Å². The van der Waals surface area contributed by atoms with Gasteiger partial charge in [-0.25, -0.2) is 0 Å². The molecule has 0 aliphatic rings. The Morgan fingerprint density at radius 2 is 1.33 bits per heavy atom. The second-order valence-electron chi connectivity index (χ2n) is 3.31. The van der Waals surface area contributed by atoms with Gasteiger partial charge in [-0.2, -0.15) is 5.92 Å². The average Bonchev–Trinajstić information content (AvgIpc) is 2.47. The number of hydrogen-bond donors (Lipinski definition) is 0. The molecule has 1 unspecified atom stereocenters. The predicted octanol–water partition coefficient (Wildman–Crippen LogP) is -1.12. The van der Waals surface area contributed by atoms with Crippen LogP contribution in [-0.2, 0) is 0 Å². The molecule has 106 valence electrons. The number of unbranched alkanes of at least 4 members (excludes halogenated alkanes) is 4. The van der Waals surface area contributed by atoms with Crippen LogP contribution >= 0.6 is 0 Å². The molecule has 0 spiro atoms. The summed E-state index contributed by atoms with van der Waals surface area (Å²) in [5.41, 5.74) is 13.8.